The molecule has 2 rings (SSSR count). The quantitative estimate of drug-likeness (QED) is 0.757. The Bertz CT molecular complexity index is 352. The number of rotatable bonds is 4. The summed E-state index contributed by atoms with van der Waals surface area (Å²) in [5, 5.41) is 2.06. The van der Waals surface area contributed by atoms with E-state index in [1.54, 1.807) is 11.3 Å². The molecule has 16 heavy (non-hydrogen) atoms. The van der Waals surface area contributed by atoms with Gasteiger partial charge in [-0.3, -0.25) is 4.79 Å². The Morgan fingerprint density at radius 2 is 2.50 bits per heavy atom. The highest BCUT2D eigenvalue weighted by Gasteiger charge is 2.33. The fourth-order valence-electron chi connectivity index (χ4n) is 2.19. The van der Waals surface area contributed by atoms with Gasteiger partial charge >= 0.3 is 0 Å². The van der Waals surface area contributed by atoms with Crippen LogP contribution in [0, 0.1) is 0 Å². The molecule has 1 aliphatic heterocycles. The minimum absolute atomic E-state index is 0.00758. The molecule has 2 unspecified atom stereocenters. The van der Waals surface area contributed by atoms with E-state index in [0.717, 1.165) is 12.8 Å². The van der Waals surface area contributed by atoms with E-state index in [9.17, 15) is 4.79 Å². The van der Waals surface area contributed by atoms with Crippen molar-refractivity contribution < 1.29 is 4.79 Å². The van der Waals surface area contributed by atoms with Crippen LogP contribution in [0.4, 0.5) is 0 Å². The average molecular weight is 258 g/mol. The van der Waals surface area contributed by atoms with Crippen molar-refractivity contribution in [3.8, 4) is 0 Å². The molecule has 0 spiro atoms. The summed E-state index contributed by atoms with van der Waals surface area (Å²) in [6.07, 6.45) is 2.60. The molecule has 1 fully saturated rings. The van der Waals surface area contributed by atoms with Crippen LogP contribution in [0.1, 0.15) is 37.1 Å². The molecule has 0 N–H and O–H groups in total. The molecule has 2 heterocycles. The highest BCUT2D eigenvalue weighted by atomic mass is 35.5. The Kier molecular flexibility index (Phi) is 3.87. The molecule has 0 bridgehead atoms. The van der Waals surface area contributed by atoms with E-state index in [-0.39, 0.29) is 17.3 Å². The number of hydrogen-bond donors (Lipinski definition) is 0. The molecule has 4 heteroatoms. The van der Waals surface area contributed by atoms with Crippen molar-refractivity contribution in [2.45, 2.75) is 37.6 Å². The largest absolute Gasteiger partial charge is 0.333 e. The Labute approximate surface area is 105 Å². The maximum Gasteiger partial charge on any atom is 0.224 e. The molecule has 0 radical (unpaired) electrons. The number of thiophene rings is 1. The van der Waals surface area contributed by atoms with Crippen molar-refractivity contribution >= 4 is 28.8 Å². The number of carbonyl (C=O) groups is 1. The summed E-state index contributed by atoms with van der Waals surface area (Å²) in [4.78, 5) is 15.1. The Hall–Kier alpha value is -0.540. The Balaban J connectivity index is 2.16. The van der Waals surface area contributed by atoms with E-state index in [1.807, 2.05) is 11.0 Å². The predicted molar refractivity (Wildman–Crippen MR) is 67.9 cm³/mol. The molecular weight excluding hydrogens is 242 g/mol. The maximum atomic E-state index is 11.8. The van der Waals surface area contributed by atoms with Crippen molar-refractivity contribution in [3.05, 3.63) is 22.4 Å². The lowest BCUT2D eigenvalue weighted by Gasteiger charge is -2.26. The summed E-state index contributed by atoms with van der Waals surface area (Å²) in [6.45, 7) is 2.85. The smallest absolute Gasteiger partial charge is 0.224 e. The lowest BCUT2D eigenvalue weighted by Crippen LogP contribution is -2.29. The van der Waals surface area contributed by atoms with Gasteiger partial charge < -0.3 is 4.90 Å². The highest BCUT2D eigenvalue weighted by molar-refractivity contribution is 7.10. The van der Waals surface area contributed by atoms with Gasteiger partial charge in [-0.15, -0.1) is 22.9 Å². The number of carbonyl (C=O) groups excluding carboxylic acids is 1. The van der Waals surface area contributed by atoms with Crippen LogP contribution in [0.3, 0.4) is 0 Å². The summed E-state index contributed by atoms with van der Waals surface area (Å²) in [7, 11) is 0. The maximum absolute atomic E-state index is 11.8. The third-order valence-corrected chi connectivity index (χ3v) is 4.19. The van der Waals surface area contributed by atoms with Crippen LogP contribution in [-0.2, 0) is 4.79 Å². The fraction of sp³-hybridized carbons (Fsp3) is 0.583. The summed E-state index contributed by atoms with van der Waals surface area (Å²) >= 11 is 7.77. The Morgan fingerprint density at radius 1 is 1.69 bits per heavy atom. The second kappa shape index (κ2) is 5.19. The highest BCUT2D eigenvalue weighted by Crippen LogP contribution is 2.33. The number of hydrogen-bond acceptors (Lipinski definition) is 2. The molecule has 1 amide bonds. The molecule has 88 valence electrons. The standard InChI is InChI=1S/C12H16ClNOS/c1-2-4-10(11-5-3-6-16-11)14-8-9(13)7-12(14)15/h3,5-6,9-10H,2,4,7-8H2,1H3. The van der Waals surface area contributed by atoms with Gasteiger partial charge in [0.05, 0.1) is 11.4 Å². The van der Waals surface area contributed by atoms with Gasteiger partial charge in [-0.1, -0.05) is 19.4 Å². The van der Waals surface area contributed by atoms with Crippen LogP contribution in [0.25, 0.3) is 0 Å². The minimum Gasteiger partial charge on any atom is -0.333 e. The van der Waals surface area contributed by atoms with Gasteiger partial charge in [0.1, 0.15) is 0 Å². The molecule has 2 nitrogen and oxygen atoms in total. The van der Waals surface area contributed by atoms with Gasteiger partial charge in [0.2, 0.25) is 5.91 Å². The van der Waals surface area contributed by atoms with Crippen LogP contribution < -0.4 is 0 Å². The molecule has 0 aromatic carbocycles. The lowest BCUT2D eigenvalue weighted by atomic mass is 10.1. The van der Waals surface area contributed by atoms with Gasteiger partial charge in [0.15, 0.2) is 0 Å². The number of likely N-dealkylation sites (tertiary alicyclic amines) is 1. The van der Waals surface area contributed by atoms with E-state index in [2.05, 4.69) is 18.4 Å². The normalized spacial score (nSPS) is 22.8. The van der Waals surface area contributed by atoms with Crippen LogP contribution in [0.2, 0.25) is 0 Å². The second-order valence-corrected chi connectivity index (χ2v) is 5.76. The first-order chi connectivity index (χ1) is 7.72. The Morgan fingerprint density at radius 3 is 3.00 bits per heavy atom. The molecule has 2 atom stereocenters. The molecule has 0 aliphatic carbocycles. The third kappa shape index (κ3) is 2.41. The third-order valence-electron chi connectivity index (χ3n) is 2.92. The summed E-state index contributed by atoms with van der Waals surface area (Å²) in [6, 6.07) is 4.39. The van der Waals surface area contributed by atoms with E-state index in [4.69, 9.17) is 11.6 Å². The zero-order valence-electron chi connectivity index (χ0n) is 9.36. The monoisotopic (exact) mass is 257 g/mol. The van der Waals surface area contributed by atoms with Crippen LogP contribution in [0.5, 0.6) is 0 Å². The van der Waals surface area contributed by atoms with Crippen molar-refractivity contribution in [1.82, 2.24) is 4.90 Å². The average Bonchev–Trinajstić information content (AvgIpc) is 2.85. The van der Waals surface area contributed by atoms with Crippen molar-refractivity contribution in [1.29, 1.82) is 0 Å². The SMILES string of the molecule is CCCC(c1cccs1)N1CC(Cl)CC1=O. The first-order valence-corrected chi connectivity index (χ1v) is 7.01. The number of halogens is 1. The first kappa shape index (κ1) is 11.9. The number of alkyl halides is 1. The van der Waals surface area contributed by atoms with Crippen molar-refractivity contribution in [3.63, 3.8) is 0 Å². The molecule has 1 aliphatic rings. The van der Waals surface area contributed by atoms with Gasteiger partial charge in [0.25, 0.3) is 0 Å². The number of nitrogens with zero attached hydrogens (tertiary/aromatic N) is 1. The summed E-state index contributed by atoms with van der Waals surface area (Å²) in [5.74, 6) is 0.201. The molecule has 1 saturated heterocycles. The van der Waals surface area contributed by atoms with Gasteiger partial charge in [-0.2, -0.15) is 0 Å². The van der Waals surface area contributed by atoms with E-state index < -0.39 is 0 Å². The van der Waals surface area contributed by atoms with E-state index in [0.29, 0.717) is 13.0 Å². The molecule has 0 saturated carbocycles. The van der Waals surface area contributed by atoms with Crippen LogP contribution in [0.15, 0.2) is 17.5 Å². The predicted octanol–water partition coefficient (Wildman–Crippen LogP) is 3.43. The van der Waals surface area contributed by atoms with Gasteiger partial charge in [0, 0.05) is 17.8 Å². The van der Waals surface area contributed by atoms with E-state index in [1.165, 1.54) is 4.88 Å². The first-order valence-electron chi connectivity index (χ1n) is 5.69. The van der Waals surface area contributed by atoms with Crippen LogP contribution >= 0.6 is 22.9 Å². The fourth-order valence-corrected chi connectivity index (χ4v) is 3.35. The van der Waals surface area contributed by atoms with Gasteiger partial charge in [-0.25, -0.2) is 0 Å². The number of amides is 1. The van der Waals surface area contributed by atoms with Crippen LogP contribution in [-0.4, -0.2) is 22.7 Å². The zero-order valence-corrected chi connectivity index (χ0v) is 10.9. The summed E-state index contributed by atoms with van der Waals surface area (Å²) in [5.41, 5.74) is 0. The van der Waals surface area contributed by atoms with Crippen molar-refractivity contribution in [2.75, 3.05) is 6.54 Å². The molecule has 1 aromatic heterocycles. The second-order valence-electron chi connectivity index (χ2n) is 4.17. The lowest BCUT2D eigenvalue weighted by molar-refractivity contribution is -0.129. The molecule has 1 aromatic rings. The van der Waals surface area contributed by atoms with E-state index >= 15 is 0 Å². The molecular formula is C12H16ClNOS. The zero-order chi connectivity index (χ0) is 11.5. The topological polar surface area (TPSA) is 20.3 Å². The van der Waals surface area contributed by atoms with Crippen molar-refractivity contribution in [2.24, 2.45) is 0 Å². The van der Waals surface area contributed by atoms with Gasteiger partial charge in [-0.05, 0) is 17.9 Å². The minimum atomic E-state index is -0.00758. The summed E-state index contributed by atoms with van der Waals surface area (Å²) < 4.78 is 0.